The zero-order chi connectivity index (χ0) is 23.3. The Labute approximate surface area is 184 Å². The molecule has 2 aromatic heterocycles. The average Bonchev–Trinajstić information content (AvgIpc) is 3.12. The second kappa shape index (κ2) is 10.3. The first-order valence-corrected chi connectivity index (χ1v) is 10.2. The van der Waals surface area contributed by atoms with Crippen molar-refractivity contribution in [3.05, 3.63) is 66.0 Å². The van der Waals surface area contributed by atoms with Gasteiger partial charge in [-0.3, -0.25) is 4.98 Å². The summed E-state index contributed by atoms with van der Waals surface area (Å²) in [6, 6.07) is 5.94. The molecule has 0 saturated heterocycles. The van der Waals surface area contributed by atoms with Gasteiger partial charge in [-0.1, -0.05) is 26.0 Å². The quantitative estimate of drug-likeness (QED) is 0.521. The van der Waals surface area contributed by atoms with Crippen molar-refractivity contribution in [1.82, 2.24) is 19.7 Å². The minimum Gasteiger partial charge on any atom is -0.550 e. The van der Waals surface area contributed by atoms with E-state index in [2.05, 4.69) is 9.97 Å². The van der Waals surface area contributed by atoms with E-state index in [0.29, 0.717) is 28.3 Å². The van der Waals surface area contributed by atoms with Gasteiger partial charge < -0.3 is 20.1 Å². The second-order valence-electron chi connectivity index (χ2n) is 7.68. The molecule has 168 valence electrons. The van der Waals surface area contributed by atoms with Crippen molar-refractivity contribution < 1.29 is 24.5 Å². The number of aromatic nitrogens is 4. The van der Waals surface area contributed by atoms with Crippen molar-refractivity contribution >= 4 is 12.0 Å². The van der Waals surface area contributed by atoms with Crippen LogP contribution in [0.4, 0.5) is 4.39 Å². The molecule has 0 radical (unpaired) electrons. The molecule has 0 spiro atoms. The van der Waals surface area contributed by atoms with Gasteiger partial charge in [-0.25, -0.2) is 14.1 Å². The predicted octanol–water partition coefficient (Wildman–Crippen LogP) is 1.86. The highest BCUT2D eigenvalue weighted by Crippen LogP contribution is 2.33. The van der Waals surface area contributed by atoms with Crippen LogP contribution in [0.2, 0.25) is 0 Å². The molecule has 2 atom stereocenters. The van der Waals surface area contributed by atoms with E-state index in [-0.39, 0.29) is 18.2 Å². The van der Waals surface area contributed by atoms with E-state index in [0.717, 1.165) is 0 Å². The third kappa shape index (κ3) is 5.63. The van der Waals surface area contributed by atoms with E-state index in [1.807, 2.05) is 13.8 Å². The summed E-state index contributed by atoms with van der Waals surface area (Å²) in [5.41, 5.74) is 2.72. The maximum Gasteiger partial charge on any atom is 0.172 e. The maximum absolute atomic E-state index is 13.6. The van der Waals surface area contributed by atoms with Gasteiger partial charge in [-0.05, 0) is 30.2 Å². The molecule has 9 heteroatoms. The van der Waals surface area contributed by atoms with E-state index in [1.54, 1.807) is 41.5 Å². The van der Waals surface area contributed by atoms with Crippen molar-refractivity contribution in [3.63, 3.8) is 0 Å². The van der Waals surface area contributed by atoms with Gasteiger partial charge in [-0.2, -0.15) is 5.10 Å². The van der Waals surface area contributed by atoms with Crippen LogP contribution in [-0.4, -0.2) is 48.1 Å². The molecule has 0 fully saturated rings. The van der Waals surface area contributed by atoms with E-state index >= 15 is 0 Å². The smallest absolute Gasteiger partial charge is 0.172 e. The van der Waals surface area contributed by atoms with Crippen LogP contribution in [0.3, 0.4) is 0 Å². The van der Waals surface area contributed by atoms with Crippen LogP contribution in [0.5, 0.6) is 0 Å². The van der Waals surface area contributed by atoms with Gasteiger partial charge in [-0.15, -0.1) is 0 Å². The van der Waals surface area contributed by atoms with Gasteiger partial charge in [0, 0.05) is 42.3 Å². The molecule has 0 bridgehead atoms. The van der Waals surface area contributed by atoms with Gasteiger partial charge >= 0.3 is 0 Å². The number of aliphatic hydroxyl groups is 2. The summed E-state index contributed by atoms with van der Waals surface area (Å²) in [5.74, 6) is -1.29. The molecule has 0 aliphatic heterocycles. The Morgan fingerprint density at radius 1 is 1.22 bits per heavy atom. The summed E-state index contributed by atoms with van der Waals surface area (Å²) in [6.45, 7) is 3.93. The van der Waals surface area contributed by atoms with Crippen LogP contribution in [-0.2, 0) is 4.79 Å². The number of rotatable bonds is 9. The van der Waals surface area contributed by atoms with Crippen LogP contribution < -0.4 is 5.11 Å². The van der Waals surface area contributed by atoms with Gasteiger partial charge in [0.2, 0.25) is 0 Å². The molecule has 2 N–H and O–H groups in total. The van der Waals surface area contributed by atoms with Crippen molar-refractivity contribution in [2.45, 2.75) is 44.8 Å². The summed E-state index contributed by atoms with van der Waals surface area (Å²) < 4.78 is 15.2. The van der Waals surface area contributed by atoms with Crippen molar-refractivity contribution in [1.29, 1.82) is 0 Å². The molecular formula is C23H24FN4O4-. The van der Waals surface area contributed by atoms with Crippen LogP contribution in [0.25, 0.3) is 23.2 Å². The Balaban J connectivity index is 2.08. The van der Waals surface area contributed by atoms with Crippen LogP contribution in [0, 0.1) is 5.82 Å². The lowest BCUT2D eigenvalue weighted by Crippen LogP contribution is -2.29. The fourth-order valence-electron chi connectivity index (χ4n) is 3.33. The van der Waals surface area contributed by atoms with Gasteiger partial charge in [0.05, 0.1) is 29.8 Å². The molecule has 0 aliphatic rings. The Hall–Kier alpha value is -3.43. The Kier molecular flexibility index (Phi) is 7.45. The summed E-state index contributed by atoms with van der Waals surface area (Å²) in [5, 5.41) is 35.4. The summed E-state index contributed by atoms with van der Waals surface area (Å²) in [4.78, 5) is 19.1. The molecule has 2 heterocycles. The number of hydrogen-bond donors (Lipinski definition) is 2. The zero-order valence-electron chi connectivity index (χ0n) is 17.7. The van der Waals surface area contributed by atoms with Crippen molar-refractivity contribution in [3.8, 4) is 17.1 Å². The normalized spacial score (nSPS) is 13.6. The van der Waals surface area contributed by atoms with Crippen molar-refractivity contribution in [2.24, 2.45) is 0 Å². The lowest BCUT2D eigenvalue weighted by molar-refractivity contribution is -0.307. The molecule has 3 aromatic rings. The zero-order valence-corrected chi connectivity index (χ0v) is 17.7. The number of hydrogen-bond acceptors (Lipinski definition) is 7. The molecule has 0 saturated carbocycles. The first kappa shape index (κ1) is 23.2. The number of aliphatic hydroxyl groups excluding tert-OH is 2. The highest BCUT2D eigenvalue weighted by atomic mass is 19.1. The monoisotopic (exact) mass is 439 g/mol. The van der Waals surface area contributed by atoms with Gasteiger partial charge in [0.25, 0.3) is 0 Å². The molecule has 3 rings (SSSR count). The van der Waals surface area contributed by atoms with E-state index in [1.165, 1.54) is 18.2 Å². The van der Waals surface area contributed by atoms with Crippen LogP contribution >= 0.6 is 0 Å². The second-order valence-corrected chi connectivity index (χ2v) is 7.68. The topological polar surface area (TPSA) is 124 Å². The highest BCUT2D eigenvalue weighted by molar-refractivity contribution is 5.75. The summed E-state index contributed by atoms with van der Waals surface area (Å²) >= 11 is 0. The van der Waals surface area contributed by atoms with Gasteiger partial charge in [0.15, 0.2) is 5.82 Å². The summed E-state index contributed by atoms with van der Waals surface area (Å²) in [7, 11) is 0. The fraction of sp³-hybridized carbons (Fsp3) is 0.304. The average molecular weight is 439 g/mol. The van der Waals surface area contributed by atoms with Gasteiger partial charge in [0.1, 0.15) is 5.82 Å². The molecule has 8 nitrogen and oxygen atoms in total. The van der Waals surface area contributed by atoms with E-state index < -0.39 is 24.6 Å². The van der Waals surface area contributed by atoms with Crippen LogP contribution in [0.15, 0.2) is 48.9 Å². The Bertz CT molecular complexity index is 1080. The summed E-state index contributed by atoms with van der Waals surface area (Å²) in [6.07, 6.45) is 4.73. The van der Waals surface area contributed by atoms with E-state index in [9.17, 15) is 24.5 Å². The SMILES string of the molecule is CC(C)c1nn(-c2cnccn2)c(-c2ccc(F)cc2)c1/C=C/[C@@H](O)C[C@@H](O)CC(=O)[O-]. The molecule has 1 aromatic carbocycles. The van der Waals surface area contributed by atoms with Crippen molar-refractivity contribution in [2.75, 3.05) is 0 Å². The lowest BCUT2D eigenvalue weighted by atomic mass is 9.98. The van der Waals surface area contributed by atoms with Crippen LogP contribution in [0.1, 0.15) is 43.9 Å². The first-order chi connectivity index (χ1) is 15.3. The molecule has 32 heavy (non-hydrogen) atoms. The number of halogens is 1. The number of carboxylic acids is 1. The molecule has 0 aliphatic carbocycles. The Morgan fingerprint density at radius 3 is 2.53 bits per heavy atom. The number of aliphatic carboxylic acids is 1. The highest BCUT2D eigenvalue weighted by Gasteiger charge is 2.22. The lowest BCUT2D eigenvalue weighted by Gasteiger charge is -2.13. The number of benzene rings is 1. The molecular weight excluding hydrogens is 415 g/mol. The molecule has 0 unspecified atom stereocenters. The predicted molar refractivity (Wildman–Crippen MR) is 114 cm³/mol. The largest absolute Gasteiger partial charge is 0.550 e. The molecule has 0 amide bonds. The standard InChI is InChI=1S/C23H25FN4O4/c1-14(2)22-19(8-7-17(29)11-18(30)12-21(31)32)23(15-3-5-16(24)6-4-15)28(27-22)20-13-25-9-10-26-20/h3-10,13-14,17-18,29-30H,11-12H2,1-2H3,(H,31,32)/p-1/b8-7+/t17-,18-/m1/s1. The maximum atomic E-state index is 13.6. The minimum atomic E-state index is -1.39. The third-order valence-corrected chi connectivity index (χ3v) is 4.78. The third-order valence-electron chi connectivity index (χ3n) is 4.78. The fourth-order valence-corrected chi connectivity index (χ4v) is 3.33. The Morgan fingerprint density at radius 2 is 1.94 bits per heavy atom. The number of carbonyl (C=O) groups is 1. The van der Waals surface area contributed by atoms with E-state index in [4.69, 9.17) is 5.10 Å². The number of carbonyl (C=O) groups excluding carboxylic acids is 1. The minimum absolute atomic E-state index is 0.00703. The number of carboxylic acid groups (broad SMARTS) is 1. The number of nitrogens with zero attached hydrogens (tertiary/aromatic N) is 4. The first-order valence-electron chi connectivity index (χ1n) is 10.2.